The van der Waals surface area contributed by atoms with Crippen molar-refractivity contribution >= 4 is 11.7 Å². The van der Waals surface area contributed by atoms with Crippen LogP contribution in [-0.2, 0) is 19.6 Å². The predicted octanol–water partition coefficient (Wildman–Crippen LogP) is 6.22. The zero-order chi connectivity index (χ0) is 25.0. The topological polar surface area (TPSA) is 68.8 Å². The second-order valence-corrected chi connectivity index (χ2v) is 8.19. The van der Waals surface area contributed by atoms with Gasteiger partial charge < -0.3 is 24.8 Å². The summed E-state index contributed by atoms with van der Waals surface area (Å²) in [5.74, 6) is 2.04. The van der Waals surface area contributed by atoms with Crippen molar-refractivity contribution in [2.75, 3.05) is 19.0 Å². The van der Waals surface area contributed by atoms with Crippen molar-refractivity contribution in [2.24, 2.45) is 0 Å². The van der Waals surface area contributed by atoms with E-state index >= 15 is 0 Å². The average molecular weight is 483 g/mol. The van der Waals surface area contributed by atoms with Crippen LogP contribution >= 0.6 is 0 Å². The highest BCUT2D eigenvalue weighted by Crippen LogP contribution is 2.30. The molecule has 36 heavy (non-hydrogen) atoms. The highest BCUT2D eigenvalue weighted by molar-refractivity contribution is 5.89. The lowest BCUT2D eigenvalue weighted by atomic mass is 10.1. The molecule has 0 aromatic heterocycles. The van der Waals surface area contributed by atoms with Crippen molar-refractivity contribution < 1.29 is 19.0 Å². The van der Waals surface area contributed by atoms with Crippen molar-refractivity contribution in [1.82, 2.24) is 5.32 Å². The van der Waals surface area contributed by atoms with Gasteiger partial charge in [0.25, 0.3) is 0 Å². The molecule has 4 rings (SSSR count). The fourth-order valence-electron chi connectivity index (χ4n) is 3.61. The smallest absolute Gasteiger partial charge is 0.319 e. The van der Waals surface area contributed by atoms with Crippen LogP contribution < -0.4 is 24.8 Å². The molecule has 0 aliphatic heterocycles. The SMILES string of the molecule is COc1cccc(NC(=O)NCCc2ccc(OCc3ccccc3)c(OCc3ccccc3)c2)c1. The molecule has 184 valence electrons. The molecule has 4 aromatic rings. The van der Waals surface area contributed by atoms with Crippen LogP contribution in [0.25, 0.3) is 0 Å². The first kappa shape index (κ1) is 24.7. The Morgan fingerprint density at radius 2 is 1.36 bits per heavy atom. The minimum atomic E-state index is -0.272. The number of amides is 2. The number of benzene rings is 4. The molecule has 6 heteroatoms. The van der Waals surface area contributed by atoms with E-state index in [2.05, 4.69) is 10.6 Å². The summed E-state index contributed by atoms with van der Waals surface area (Å²) in [6.07, 6.45) is 0.645. The summed E-state index contributed by atoms with van der Waals surface area (Å²) in [5, 5.41) is 5.71. The summed E-state index contributed by atoms with van der Waals surface area (Å²) in [4.78, 5) is 12.3. The van der Waals surface area contributed by atoms with Gasteiger partial charge in [-0.15, -0.1) is 0 Å². The van der Waals surface area contributed by atoms with Crippen LogP contribution in [0.1, 0.15) is 16.7 Å². The van der Waals surface area contributed by atoms with Gasteiger partial charge in [-0.25, -0.2) is 4.79 Å². The number of urea groups is 1. The van der Waals surface area contributed by atoms with Gasteiger partial charge in [-0.1, -0.05) is 72.8 Å². The Morgan fingerprint density at radius 3 is 2.03 bits per heavy atom. The number of carbonyl (C=O) groups is 1. The zero-order valence-corrected chi connectivity index (χ0v) is 20.3. The molecule has 0 heterocycles. The Hall–Kier alpha value is -4.45. The number of ether oxygens (including phenoxy) is 3. The number of methoxy groups -OCH3 is 1. The molecule has 2 amide bonds. The van der Waals surface area contributed by atoms with Crippen molar-refractivity contribution in [3.63, 3.8) is 0 Å². The van der Waals surface area contributed by atoms with Gasteiger partial charge in [0.2, 0.25) is 0 Å². The molecule has 0 atom stereocenters. The Balaban J connectivity index is 1.36. The largest absolute Gasteiger partial charge is 0.497 e. The maximum atomic E-state index is 12.3. The van der Waals surface area contributed by atoms with Gasteiger partial charge >= 0.3 is 6.03 Å². The second-order valence-electron chi connectivity index (χ2n) is 8.19. The van der Waals surface area contributed by atoms with E-state index in [0.717, 1.165) is 16.7 Å². The number of hydrogen-bond acceptors (Lipinski definition) is 4. The first-order valence-electron chi connectivity index (χ1n) is 11.8. The minimum Gasteiger partial charge on any atom is -0.497 e. The van der Waals surface area contributed by atoms with Crippen molar-refractivity contribution in [3.8, 4) is 17.2 Å². The molecular formula is C30H30N2O4. The third-order valence-electron chi connectivity index (χ3n) is 5.51. The molecule has 0 radical (unpaired) electrons. The molecular weight excluding hydrogens is 452 g/mol. The highest BCUT2D eigenvalue weighted by Gasteiger charge is 2.09. The number of nitrogens with one attached hydrogen (secondary N) is 2. The van der Waals surface area contributed by atoms with Gasteiger partial charge in [-0.2, -0.15) is 0 Å². The van der Waals surface area contributed by atoms with E-state index in [4.69, 9.17) is 14.2 Å². The van der Waals surface area contributed by atoms with Crippen LogP contribution in [0.2, 0.25) is 0 Å². The summed E-state index contributed by atoms with van der Waals surface area (Å²) >= 11 is 0. The predicted molar refractivity (Wildman–Crippen MR) is 142 cm³/mol. The fourth-order valence-corrected chi connectivity index (χ4v) is 3.61. The summed E-state index contributed by atoms with van der Waals surface area (Å²) in [6, 6.07) is 32.9. The lowest BCUT2D eigenvalue weighted by Crippen LogP contribution is -2.30. The summed E-state index contributed by atoms with van der Waals surface area (Å²) in [5.41, 5.74) is 3.87. The van der Waals surface area contributed by atoms with E-state index in [1.54, 1.807) is 13.2 Å². The quantitative estimate of drug-likeness (QED) is 0.266. The maximum Gasteiger partial charge on any atom is 0.319 e. The third kappa shape index (κ3) is 7.53. The van der Waals surface area contributed by atoms with Crippen molar-refractivity contribution in [2.45, 2.75) is 19.6 Å². The summed E-state index contributed by atoms with van der Waals surface area (Å²) < 4.78 is 17.4. The Bertz CT molecular complexity index is 1250. The molecule has 0 saturated carbocycles. The summed E-state index contributed by atoms with van der Waals surface area (Å²) in [7, 11) is 1.59. The van der Waals surface area contributed by atoms with Crippen LogP contribution in [0.5, 0.6) is 17.2 Å². The standard InChI is InChI=1S/C30H30N2O4/c1-34-27-14-8-13-26(20-27)32-30(33)31-18-17-23-15-16-28(35-21-24-9-4-2-5-10-24)29(19-23)36-22-25-11-6-3-7-12-25/h2-16,19-20H,17-18,21-22H2,1H3,(H2,31,32,33). The molecule has 6 nitrogen and oxygen atoms in total. The van der Waals surface area contributed by atoms with Crippen LogP contribution in [0.3, 0.4) is 0 Å². The Kier molecular flexibility index (Phi) is 8.81. The van der Waals surface area contributed by atoms with E-state index in [9.17, 15) is 4.79 Å². The lowest BCUT2D eigenvalue weighted by molar-refractivity contribution is 0.252. The molecule has 0 saturated heterocycles. The third-order valence-corrected chi connectivity index (χ3v) is 5.51. The molecule has 0 spiro atoms. The minimum absolute atomic E-state index is 0.272. The van der Waals surface area contributed by atoms with E-state index in [0.29, 0.717) is 49.1 Å². The molecule has 4 aromatic carbocycles. The number of carbonyl (C=O) groups excluding carboxylic acids is 1. The zero-order valence-electron chi connectivity index (χ0n) is 20.3. The molecule has 0 unspecified atom stereocenters. The first-order valence-corrected chi connectivity index (χ1v) is 11.8. The van der Waals surface area contributed by atoms with Gasteiger partial charge in [-0.3, -0.25) is 0 Å². The van der Waals surface area contributed by atoms with E-state index in [-0.39, 0.29) is 6.03 Å². The van der Waals surface area contributed by atoms with Gasteiger partial charge in [0.1, 0.15) is 19.0 Å². The maximum absolute atomic E-state index is 12.3. The first-order chi connectivity index (χ1) is 17.7. The number of anilines is 1. The monoisotopic (exact) mass is 482 g/mol. The fraction of sp³-hybridized carbons (Fsp3) is 0.167. The Morgan fingerprint density at radius 1 is 0.694 bits per heavy atom. The van der Waals surface area contributed by atoms with Gasteiger partial charge in [0.05, 0.1) is 7.11 Å². The van der Waals surface area contributed by atoms with Crippen LogP contribution in [0.4, 0.5) is 10.5 Å². The van der Waals surface area contributed by atoms with Crippen molar-refractivity contribution in [3.05, 3.63) is 120 Å². The summed E-state index contributed by atoms with van der Waals surface area (Å²) in [6.45, 7) is 1.36. The number of rotatable bonds is 11. The van der Waals surface area contributed by atoms with Crippen molar-refractivity contribution in [1.29, 1.82) is 0 Å². The Labute approximate surface area is 211 Å². The molecule has 0 fully saturated rings. The van der Waals surface area contributed by atoms with E-state index in [1.165, 1.54) is 0 Å². The van der Waals surface area contributed by atoms with Gasteiger partial charge in [0, 0.05) is 18.3 Å². The lowest BCUT2D eigenvalue weighted by Gasteiger charge is -2.15. The number of hydrogen-bond donors (Lipinski definition) is 2. The molecule has 0 bridgehead atoms. The van der Waals surface area contributed by atoms with E-state index < -0.39 is 0 Å². The highest BCUT2D eigenvalue weighted by atomic mass is 16.5. The van der Waals surface area contributed by atoms with Crippen LogP contribution in [0.15, 0.2) is 103 Å². The average Bonchev–Trinajstić information content (AvgIpc) is 2.92. The van der Waals surface area contributed by atoms with Crippen LogP contribution in [0, 0.1) is 0 Å². The van der Waals surface area contributed by atoms with Gasteiger partial charge in [0.15, 0.2) is 11.5 Å². The van der Waals surface area contributed by atoms with Gasteiger partial charge in [-0.05, 0) is 47.4 Å². The van der Waals surface area contributed by atoms with Crippen LogP contribution in [-0.4, -0.2) is 19.7 Å². The molecule has 2 N–H and O–H groups in total. The second kappa shape index (κ2) is 12.9. The molecule has 0 aliphatic carbocycles. The molecule has 0 aliphatic rings. The normalized spacial score (nSPS) is 10.4. The van der Waals surface area contributed by atoms with E-state index in [1.807, 2.05) is 97.1 Å².